The monoisotopic (exact) mass is 438 g/mol. The summed E-state index contributed by atoms with van der Waals surface area (Å²) in [6.45, 7) is 7.87. The molecule has 0 spiro atoms. The molecule has 32 heavy (non-hydrogen) atoms. The summed E-state index contributed by atoms with van der Waals surface area (Å²) < 4.78 is 39.2. The van der Waals surface area contributed by atoms with Crippen LogP contribution in [-0.2, 0) is 6.18 Å². The molecule has 0 bridgehead atoms. The van der Waals surface area contributed by atoms with Crippen molar-refractivity contribution in [1.82, 2.24) is 0 Å². The number of carbonyl (C=O) groups excluding carboxylic acids is 1. The zero-order valence-electron chi connectivity index (χ0n) is 18.4. The molecule has 1 atom stereocenters. The van der Waals surface area contributed by atoms with Crippen LogP contribution in [0.4, 0.5) is 29.3 Å². The minimum absolute atomic E-state index is 0.273. The van der Waals surface area contributed by atoms with Crippen LogP contribution in [-0.4, -0.2) is 11.6 Å². The zero-order chi connectivity index (χ0) is 23.3. The fourth-order valence-electron chi connectivity index (χ4n) is 4.51. The maximum atomic E-state index is 13.8. The molecule has 166 valence electrons. The molecule has 1 fully saturated rings. The molecule has 0 radical (unpaired) electrons. The molecule has 6 heteroatoms. The minimum atomic E-state index is -4.43. The Labute approximate surface area is 186 Å². The average molecular weight is 438 g/mol. The van der Waals surface area contributed by atoms with Crippen molar-refractivity contribution in [3.8, 4) is 0 Å². The number of anilines is 2. The van der Waals surface area contributed by atoms with Crippen molar-refractivity contribution in [2.75, 3.05) is 9.80 Å². The smallest absolute Gasteiger partial charge is 0.286 e. The third kappa shape index (κ3) is 3.74. The molecule has 2 amide bonds. The molecule has 3 nitrogen and oxygen atoms in total. The van der Waals surface area contributed by atoms with Crippen LogP contribution in [0.25, 0.3) is 0 Å². The summed E-state index contributed by atoms with van der Waals surface area (Å²) in [6.07, 6.45) is -4.43. The first-order valence-electron chi connectivity index (χ1n) is 10.4. The van der Waals surface area contributed by atoms with Gasteiger partial charge in [0, 0.05) is 11.4 Å². The van der Waals surface area contributed by atoms with Crippen LogP contribution in [0.2, 0.25) is 0 Å². The van der Waals surface area contributed by atoms with Crippen molar-refractivity contribution in [3.05, 3.63) is 95.1 Å². The van der Waals surface area contributed by atoms with Gasteiger partial charge in [-0.3, -0.25) is 9.80 Å². The van der Waals surface area contributed by atoms with Gasteiger partial charge >= 0.3 is 12.2 Å². The molecule has 1 heterocycles. The fraction of sp³-hybridized carbons (Fsp3) is 0.269. The van der Waals surface area contributed by atoms with Crippen LogP contribution in [0.15, 0.2) is 72.8 Å². The highest BCUT2D eigenvalue weighted by Gasteiger charge is 2.53. The van der Waals surface area contributed by atoms with E-state index in [1.54, 1.807) is 9.80 Å². The minimum Gasteiger partial charge on any atom is -0.286 e. The zero-order valence-corrected chi connectivity index (χ0v) is 18.4. The van der Waals surface area contributed by atoms with Crippen molar-refractivity contribution in [2.45, 2.75) is 45.5 Å². The predicted octanol–water partition coefficient (Wildman–Crippen LogP) is 7.29. The van der Waals surface area contributed by atoms with Crippen LogP contribution in [0, 0.1) is 13.8 Å². The van der Waals surface area contributed by atoms with Gasteiger partial charge in [-0.05, 0) is 69.7 Å². The lowest BCUT2D eigenvalue weighted by molar-refractivity contribution is -0.137. The first-order chi connectivity index (χ1) is 15.0. The molecule has 1 unspecified atom stereocenters. The molecule has 1 aliphatic rings. The molecular weight excluding hydrogens is 413 g/mol. The van der Waals surface area contributed by atoms with Crippen LogP contribution in [0.1, 0.15) is 42.1 Å². The van der Waals surface area contributed by atoms with Crippen molar-refractivity contribution in [1.29, 1.82) is 0 Å². The van der Waals surface area contributed by atoms with E-state index in [4.69, 9.17) is 0 Å². The van der Waals surface area contributed by atoms with Crippen LogP contribution < -0.4 is 9.80 Å². The Hall–Kier alpha value is -3.28. The van der Waals surface area contributed by atoms with Gasteiger partial charge in [0.1, 0.15) is 0 Å². The Morgan fingerprint density at radius 1 is 0.812 bits per heavy atom. The van der Waals surface area contributed by atoms with Crippen molar-refractivity contribution < 1.29 is 18.0 Å². The highest BCUT2D eigenvalue weighted by Crippen LogP contribution is 2.48. The number of hydrogen-bond acceptors (Lipinski definition) is 1. The third-order valence-corrected chi connectivity index (χ3v) is 6.02. The first-order valence-corrected chi connectivity index (χ1v) is 10.4. The van der Waals surface area contributed by atoms with Crippen LogP contribution in [0.3, 0.4) is 0 Å². The maximum absolute atomic E-state index is 13.8. The number of amides is 2. The summed E-state index contributed by atoms with van der Waals surface area (Å²) in [7, 11) is 0. The first kappa shape index (κ1) is 21.9. The van der Waals surface area contributed by atoms with Crippen molar-refractivity contribution in [2.24, 2.45) is 0 Å². The van der Waals surface area contributed by atoms with E-state index >= 15 is 0 Å². The normalized spacial score (nSPS) is 18.3. The molecule has 0 saturated carbocycles. The van der Waals surface area contributed by atoms with E-state index in [0.29, 0.717) is 5.69 Å². The lowest BCUT2D eigenvalue weighted by Gasteiger charge is -2.35. The van der Waals surface area contributed by atoms with E-state index in [1.807, 2.05) is 70.2 Å². The topological polar surface area (TPSA) is 23.6 Å². The van der Waals surface area contributed by atoms with Crippen LogP contribution in [0.5, 0.6) is 0 Å². The maximum Gasteiger partial charge on any atom is 0.416 e. The Morgan fingerprint density at radius 2 is 1.41 bits per heavy atom. The second kappa shape index (κ2) is 7.69. The van der Waals surface area contributed by atoms with Gasteiger partial charge in [0.2, 0.25) is 0 Å². The predicted molar refractivity (Wildman–Crippen MR) is 121 cm³/mol. The summed E-state index contributed by atoms with van der Waals surface area (Å²) >= 11 is 0. The quantitative estimate of drug-likeness (QED) is 0.421. The number of nitrogens with zero attached hydrogens (tertiary/aromatic N) is 2. The van der Waals surface area contributed by atoms with E-state index in [1.165, 1.54) is 12.1 Å². The van der Waals surface area contributed by atoms with E-state index in [0.717, 1.165) is 34.5 Å². The molecule has 1 aliphatic heterocycles. The summed E-state index contributed by atoms with van der Waals surface area (Å²) in [4.78, 5) is 17.1. The molecular formula is C26H25F3N2O. The molecule has 0 aromatic heterocycles. The lowest BCUT2D eigenvalue weighted by Crippen LogP contribution is -2.43. The summed E-state index contributed by atoms with van der Waals surface area (Å²) in [6, 6.07) is 19.9. The third-order valence-electron chi connectivity index (χ3n) is 6.02. The van der Waals surface area contributed by atoms with E-state index in [-0.39, 0.29) is 12.1 Å². The number of aryl methyl sites for hydroxylation is 2. The number of halogens is 3. The Morgan fingerprint density at radius 3 is 1.97 bits per heavy atom. The number of benzene rings is 3. The van der Waals surface area contributed by atoms with Crippen LogP contribution >= 0.6 is 0 Å². The second-order valence-electron chi connectivity index (χ2n) is 8.84. The van der Waals surface area contributed by atoms with E-state index in [9.17, 15) is 18.0 Å². The SMILES string of the molecule is Cc1ccc(N2C(=O)N(c3ccc(C(F)(F)F)cc3)C(C)(C)C2c2cccc(C)c2)cc1. The summed E-state index contributed by atoms with van der Waals surface area (Å²) in [5.41, 5.74) is 2.83. The van der Waals surface area contributed by atoms with Gasteiger partial charge in [0.15, 0.2) is 0 Å². The van der Waals surface area contributed by atoms with Crippen molar-refractivity contribution >= 4 is 17.4 Å². The van der Waals surface area contributed by atoms with Crippen molar-refractivity contribution in [3.63, 3.8) is 0 Å². The highest BCUT2D eigenvalue weighted by atomic mass is 19.4. The van der Waals surface area contributed by atoms with Gasteiger partial charge in [-0.15, -0.1) is 0 Å². The van der Waals surface area contributed by atoms with E-state index < -0.39 is 17.3 Å². The Balaban J connectivity index is 1.85. The number of alkyl halides is 3. The molecule has 0 aliphatic carbocycles. The average Bonchev–Trinajstić information content (AvgIpc) is 2.93. The number of carbonyl (C=O) groups is 1. The van der Waals surface area contributed by atoms with Gasteiger partial charge < -0.3 is 0 Å². The standard InChI is InChI=1S/C26H25F3N2O/c1-17-8-12-21(13-9-17)30-23(19-7-5-6-18(2)16-19)25(3,4)31(24(30)32)22-14-10-20(11-15-22)26(27,28)29/h5-16,23H,1-4H3. The molecule has 1 saturated heterocycles. The summed E-state index contributed by atoms with van der Waals surface area (Å²) in [5.74, 6) is 0. The number of hydrogen-bond donors (Lipinski definition) is 0. The van der Waals surface area contributed by atoms with Gasteiger partial charge in [0.25, 0.3) is 0 Å². The van der Waals surface area contributed by atoms with E-state index in [2.05, 4.69) is 6.07 Å². The van der Waals surface area contributed by atoms with Gasteiger partial charge in [-0.25, -0.2) is 4.79 Å². The lowest BCUT2D eigenvalue weighted by atomic mass is 9.87. The molecule has 3 aromatic carbocycles. The highest BCUT2D eigenvalue weighted by molar-refractivity contribution is 6.08. The fourth-order valence-corrected chi connectivity index (χ4v) is 4.51. The van der Waals surface area contributed by atoms with Gasteiger partial charge in [0.05, 0.1) is 17.1 Å². The second-order valence-corrected chi connectivity index (χ2v) is 8.84. The summed E-state index contributed by atoms with van der Waals surface area (Å²) in [5, 5.41) is 0. The molecule has 0 N–H and O–H groups in total. The largest absolute Gasteiger partial charge is 0.416 e. The number of rotatable bonds is 3. The van der Waals surface area contributed by atoms with Gasteiger partial charge in [-0.1, -0.05) is 47.5 Å². The molecule has 4 rings (SSSR count). The van der Waals surface area contributed by atoms with Gasteiger partial charge in [-0.2, -0.15) is 13.2 Å². The molecule has 3 aromatic rings. The Kier molecular flexibility index (Phi) is 5.27. The Bertz CT molecular complexity index is 1130. The number of urea groups is 1.